The predicted octanol–water partition coefficient (Wildman–Crippen LogP) is 1.65. The molecule has 14 heavy (non-hydrogen) atoms. The van der Waals surface area contributed by atoms with Crippen molar-refractivity contribution in [2.75, 3.05) is 14.2 Å². The summed E-state index contributed by atoms with van der Waals surface area (Å²) in [6, 6.07) is 4.11. The zero-order valence-electron chi connectivity index (χ0n) is 8.54. The van der Waals surface area contributed by atoms with Gasteiger partial charge in [0.15, 0.2) is 11.5 Å². The van der Waals surface area contributed by atoms with Gasteiger partial charge in [0.1, 0.15) is 0 Å². The van der Waals surface area contributed by atoms with Crippen molar-refractivity contribution < 1.29 is 9.47 Å². The van der Waals surface area contributed by atoms with Crippen molar-refractivity contribution >= 4 is 0 Å². The van der Waals surface area contributed by atoms with Crippen LogP contribution in [-0.2, 0) is 6.42 Å². The summed E-state index contributed by atoms with van der Waals surface area (Å²) >= 11 is 0. The molecule has 2 rings (SSSR count). The second kappa shape index (κ2) is 3.50. The van der Waals surface area contributed by atoms with Gasteiger partial charge in [0, 0.05) is 11.6 Å². The van der Waals surface area contributed by atoms with Gasteiger partial charge in [-0.2, -0.15) is 0 Å². The van der Waals surface area contributed by atoms with Crippen LogP contribution in [0.5, 0.6) is 11.5 Å². The smallest absolute Gasteiger partial charge is 0.164 e. The molecular weight excluding hydrogens is 178 g/mol. The maximum atomic E-state index is 5.97. The summed E-state index contributed by atoms with van der Waals surface area (Å²) in [5, 5.41) is 0. The van der Waals surface area contributed by atoms with Gasteiger partial charge < -0.3 is 15.2 Å². The lowest BCUT2D eigenvalue weighted by atomic mass is 10.1. The molecule has 0 aromatic heterocycles. The lowest BCUT2D eigenvalue weighted by Gasteiger charge is -2.12. The zero-order valence-corrected chi connectivity index (χ0v) is 8.54. The van der Waals surface area contributed by atoms with E-state index in [2.05, 4.69) is 0 Å². The molecule has 0 saturated heterocycles. The van der Waals surface area contributed by atoms with Gasteiger partial charge in [-0.15, -0.1) is 0 Å². The first-order chi connectivity index (χ1) is 6.77. The van der Waals surface area contributed by atoms with Gasteiger partial charge >= 0.3 is 0 Å². The Hall–Kier alpha value is -1.22. The lowest BCUT2D eigenvalue weighted by molar-refractivity contribution is 0.352. The summed E-state index contributed by atoms with van der Waals surface area (Å²) in [5.74, 6) is 1.64. The van der Waals surface area contributed by atoms with E-state index < -0.39 is 0 Å². The van der Waals surface area contributed by atoms with E-state index in [0.29, 0.717) is 0 Å². The summed E-state index contributed by atoms with van der Waals surface area (Å²) in [7, 11) is 3.32. The minimum atomic E-state index is 0.157. The molecule has 0 radical (unpaired) electrons. The Morgan fingerprint density at radius 2 is 2.07 bits per heavy atom. The number of hydrogen-bond acceptors (Lipinski definition) is 3. The van der Waals surface area contributed by atoms with Gasteiger partial charge in [0.05, 0.1) is 14.2 Å². The Bertz CT molecular complexity index is 349. The molecular formula is C11H15NO2. The standard InChI is InChI=1S/C11H15NO2/c1-13-10-6-4-7-8(11(10)14-2)3-5-9(7)12/h4,6,9H,3,5,12H2,1-2H3/t9-/m1/s1. The van der Waals surface area contributed by atoms with E-state index in [9.17, 15) is 0 Å². The van der Waals surface area contributed by atoms with Crippen LogP contribution in [0.25, 0.3) is 0 Å². The van der Waals surface area contributed by atoms with Gasteiger partial charge in [-0.3, -0.25) is 0 Å². The average molecular weight is 193 g/mol. The Kier molecular flexibility index (Phi) is 2.33. The molecule has 0 spiro atoms. The molecule has 1 aromatic carbocycles. The van der Waals surface area contributed by atoms with Crippen molar-refractivity contribution in [2.45, 2.75) is 18.9 Å². The maximum absolute atomic E-state index is 5.97. The molecule has 0 saturated carbocycles. The number of rotatable bonds is 2. The third kappa shape index (κ3) is 1.24. The first kappa shape index (κ1) is 9.34. The molecule has 0 bridgehead atoms. The van der Waals surface area contributed by atoms with Crippen LogP contribution in [0.2, 0.25) is 0 Å². The maximum Gasteiger partial charge on any atom is 0.164 e. The monoisotopic (exact) mass is 193 g/mol. The first-order valence-corrected chi connectivity index (χ1v) is 4.77. The van der Waals surface area contributed by atoms with Crippen LogP contribution in [0.4, 0.5) is 0 Å². The Balaban J connectivity index is 2.54. The molecule has 1 aromatic rings. The molecule has 0 unspecified atom stereocenters. The van der Waals surface area contributed by atoms with E-state index in [4.69, 9.17) is 15.2 Å². The minimum absolute atomic E-state index is 0.157. The van der Waals surface area contributed by atoms with Crippen LogP contribution in [-0.4, -0.2) is 14.2 Å². The Morgan fingerprint density at radius 1 is 1.29 bits per heavy atom. The predicted molar refractivity (Wildman–Crippen MR) is 54.8 cm³/mol. The number of ether oxygens (including phenoxy) is 2. The fourth-order valence-corrected chi connectivity index (χ4v) is 2.07. The van der Waals surface area contributed by atoms with Gasteiger partial charge in [-0.05, 0) is 24.5 Å². The van der Waals surface area contributed by atoms with Crippen LogP contribution in [0.3, 0.4) is 0 Å². The van der Waals surface area contributed by atoms with Crippen LogP contribution in [0.1, 0.15) is 23.6 Å². The molecule has 3 nitrogen and oxygen atoms in total. The van der Waals surface area contributed by atoms with Gasteiger partial charge in [0.25, 0.3) is 0 Å². The molecule has 2 N–H and O–H groups in total. The number of hydrogen-bond donors (Lipinski definition) is 1. The largest absolute Gasteiger partial charge is 0.493 e. The second-order valence-corrected chi connectivity index (χ2v) is 3.51. The molecule has 1 aliphatic carbocycles. The minimum Gasteiger partial charge on any atom is -0.493 e. The third-order valence-corrected chi connectivity index (χ3v) is 2.79. The number of nitrogens with two attached hydrogens (primary N) is 1. The highest BCUT2D eigenvalue weighted by Gasteiger charge is 2.24. The van der Waals surface area contributed by atoms with Crippen molar-refractivity contribution in [3.05, 3.63) is 23.3 Å². The third-order valence-electron chi connectivity index (χ3n) is 2.79. The summed E-state index contributed by atoms with van der Waals surface area (Å²) in [6.45, 7) is 0. The second-order valence-electron chi connectivity index (χ2n) is 3.51. The fourth-order valence-electron chi connectivity index (χ4n) is 2.07. The summed E-state index contributed by atoms with van der Waals surface area (Å²) < 4.78 is 10.6. The molecule has 3 heteroatoms. The number of benzene rings is 1. The zero-order chi connectivity index (χ0) is 10.1. The molecule has 0 fully saturated rings. The SMILES string of the molecule is COc1ccc2c(c1OC)CC[C@H]2N. The molecule has 0 amide bonds. The topological polar surface area (TPSA) is 44.5 Å². The highest BCUT2D eigenvalue weighted by Crippen LogP contribution is 2.41. The van der Waals surface area contributed by atoms with Gasteiger partial charge in [0.2, 0.25) is 0 Å². The molecule has 0 heterocycles. The van der Waals surface area contributed by atoms with E-state index in [-0.39, 0.29) is 6.04 Å². The Morgan fingerprint density at radius 3 is 2.71 bits per heavy atom. The fraction of sp³-hybridized carbons (Fsp3) is 0.455. The highest BCUT2D eigenvalue weighted by atomic mass is 16.5. The van der Waals surface area contributed by atoms with Crippen molar-refractivity contribution in [1.82, 2.24) is 0 Å². The van der Waals surface area contributed by atoms with Crippen molar-refractivity contribution in [1.29, 1.82) is 0 Å². The summed E-state index contributed by atoms with van der Waals surface area (Å²) in [5.41, 5.74) is 8.37. The molecule has 1 aliphatic rings. The normalized spacial score (nSPS) is 19.2. The van der Waals surface area contributed by atoms with Gasteiger partial charge in [-0.1, -0.05) is 6.07 Å². The van der Waals surface area contributed by atoms with Crippen molar-refractivity contribution in [3.8, 4) is 11.5 Å². The molecule has 0 aliphatic heterocycles. The summed E-state index contributed by atoms with van der Waals surface area (Å²) in [6.07, 6.45) is 1.98. The van der Waals surface area contributed by atoms with Crippen LogP contribution >= 0.6 is 0 Å². The molecule has 76 valence electrons. The number of fused-ring (bicyclic) bond motifs is 1. The van der Waals surface area contributed by atoms with E-state index >= 15 is 0 Å². The quantitative estimate of drug-likeness (QED) is 0.776. The van der Waals surface area contributed by atoms with E-state index in [1.807, 2.05) is 12.1 Å². The molecule has 1 atom stereocenters. The highest BCUT2D eigenvalue weighted by molar-refractivity contribution is 5.53. The van der Waals surface area contributed by atoms with Crippen molar-refractivity contribution in [3.63, 3.8) is 0 Å². The van der Waals surface area contributed by atoms with Crippen LogP contribution in [0.15, 0.2) is 12.1 Å². The van der Waals surface area contributed by atoms with Gasteiger partial charge in [-0.25, -0.2) is 0 Å². The van der Waals surface area contributed by atoms with Crippen LogP contribution in [0, 0.1) is 0 Å². The van der Waals surface area contributed by atoms with Crippen molar-refractivity contribution in [2.24, 2.45) is 5.73 Å². The van der Waals surface area contributed by atoms with E-state index in [1.54, 1.807) is 14.2 Å². The summed E-state index contributed by atoms with van der Waals surface area (Å²) in [4.78, 5) is 0. The van der Waals surface area contributed by atoms with E-state index in [1.165, 1.54) is 11.1 Å². The number of methoxy groups -OCH3 is 2. The van der Waals surface area contributed by atoms with Crippen LogP contribution < -0.4 is 15.2 Å². The van der Waals surface area contributed by atoms with E-state index in [0.717, 1.165) is 24.3 Å². The lowest BCUT2D eigenvalue weighted by Crippen LogP contribution is -2.05. The first-order valence-electron chi connectivity index (χ1n) is 4.77. The Labute approximate surface area is 83.8 Å². The average Bonchev–Trinajstić information content (AvgIpc) is 2.59.